The smallest absolute Gasteiger partial charge is 0.272 e. The summed E-state index contributed by atoms with van der Waals surface area (Å²) in [6.07, 6.45) is 3.36. The van der Waals surface area contributed by atoms with Crippen molar-refractivity contribution in [2.45, 2.75) is 38.8 Å². The minimum absolute atomic E-state index is 0.0128. The Bertz CT molecular complexity index is 1200. The fraction of sp³-hybridized carbons (Fsp3) is 0.350. The second-order valence-electron chi connectivity index (χ2n) is 7.11. The lowest BCUT2D eigenvalue weighted by Gasteiger charge is -2.38. The molecule has 1 aliphatic rings. The van der Waals surface area contributed by atoms with E-state index in [1.807, 2.05) is 15.8 Å². The maximum Gasteiger partial charge on any atom is 0.272 e. The summed E-state index contributed by atoms with van der Waals surface area (Å²) in [7, 11) is 1.76. The average molecular weight is 379 g/mol. The van der Waals surface area contributed by atoms with E-state index in [-0.39, 0.29) is 5.56 Å². The monoisotopic (exact) mass is 379 g/mol. The predicted molar refractivity (Wildman–Crippen MR) is 109 cm³/mol. The van der Waals surface area contributed by atoms with E-state index in [1.54, 1.807) is 11.6 Å². The summed E-state index contributed by atoms with van der Waals surface area (Å²) in [5, 5.41) is 10.8. The summed E-state index contributed by atoms with van der Waals surface area (Å²) in [6, 6.07) is 11.1. The van der Waals surface area contributed by atoms with Gasteiger partial charge in [0.1, 0.15) is 4.70 Å². The lowest BCUT2D eigenvalue weighted by atomic mass is 9.94. The number of thiophene rings is 1. The Kier molecular flexibility index (Phi) is 3.79. The van der Waals surface area contributed by atoms with Gasteiger partial charge in [0.25, 0.3) is 5.56 Å². The molecule has 27 heavy (non-hydrogen) atoms. The Morgan fingerprint density at radius 2 is 2.07 bits per heavy atom. The number of para-hydroxylation sites is 1. The van der Waals surface area contributed by atoms with E-state index in [9.17, 15) is 4.79 Å². The van der Waals surface area contributed by atoms with Crippen molar-refractivity contribution in [2.24, 2.45) is 7.05 Å². The second-order valence-corrected chi connectivity index (χ2v) is 8.02. The number of benzene rings is 1. The number of nitrogens with zero attached hydrogens (tertiary/aromatic N) is 5. The topological polar surface area (TPSA) is 55.4 Å². The summed E-state index contributed by atoms with van der Waals surface area (Å²) >= 11 is 1.47. The highest BCUT2D eigenvalue weighted by atomic mass is 32.1. The minimum Gasteiger partial charge on any atom is -0.361 e. The number of aromatic nitrogens is 4. The van der Waals surface area contributed by atoms with Gasteiger partial charge in [-0.1, -0.05) is 25.1 Å². The van der Waals surface area contributed by atoms with Crippen molar-refractivity contribution in [1.29, 1.82) is 0 Å². The number of anilines is 1. The molecule has 0 bridgehead atoms. The van der Waals surface area contributed by atoms with Crippen molar-refractivity contribution in [2.75, 3.05) is 4.90 Å². The number of hydrogen-bond donors (Lipinski definition) is 0. The molecular formula is C20H21N5OS. The van der Waals surface area contributed by atoms with E-state index in [0.29, 0.717) is 18.4 Å². The molecule has 1 aliphatic heterocycles. The molecule has 4 heterocycles. The Morgan fingerprint density at radius 1 is 1.22 bits per heavy atom. The lowest BCUT2D eigenvalue weighted by molar-refractivity contribution is 0.504. The highest BCUT2D eigenvalue weighted by Crippen LogP contribution is 2.33. The van der Waals surface area contributed by atoms with Crippen LogP contribution in [0.4, 0.5) is 5.69 Å². The van der Waals surface area contributed by atoms with E-state index in [1.165, 1.54) is 22.6 Å². The molecule has 4 aromatic rings. The molecular weight excluding hydrogens is 358 g/mol. The predicted octanol–water partition coefficient (Wildman–Crippen LogP) is 3.37. The highest BCUT2D eigenvalue weighted by molar-refractivity contribution is 7.17. The molecule has 1 aromatic carbocycles. The van der Waals surface area contributed by atoms with Gasteiger partial charge in [0.15, 0.2) is 5.82 Å². The lowest BCUT2D eigenvalue weighted by Crippen LogP contribution is -2.39. The van der Waals surface area contributed by atoms with Gasteiger partial charge in [-0.3, -0.25) is 13.8 Å². The van der Waals surface area contributed by atoms with Crippen molar-refractivity contribution in [3.05, 3.63) is 57.5 Å². The van der Waals surface area contributed by atoms with Crippen LogP contribution in [0.5, 0.6) is 0 Å². The summed E-state index contributed by atoms with van der Waals surface area (Å²) in [5.74, 6) is 1.47. The first-order valence-electron chi connectivity index (χ1n) is 9.33. The van der Waals surface area contributed by atoms with Crippen LogP contribution in [0, 0.1) is 0 Å². The molecule has 0 aliphatic carbocycles. The van der Waals surface area contributed by atoms with Crippen LogP contribution in [0.2, 0.25) is 0 Å². The van der Waals surface area contributed by atoms with Gasteiger partial charge in [-0.05, 0) is 42.3 Å². The molecule has 1 atom stereocenters. The summed E-state index contributed by atoms with van der Waals surface area (Å²) in [6.45, 7) is 2.92. The third-order valence-electron chi connectivity index (χ3n) is 5.67. The molecule has 0 spiro atoms. The number of aryl methyl sites for hydroxylation is 2. The number of rotatable bonds is 3. The molecule has 0 saturated carbocycles. The van der Waals surface area contributed by atoms with E-state index in [0.717, 1.165) is 35.3 Å². The molecule has 0 fully saturated rings. The summed E-state index contributed by atoms with van der Waals surface area (Å²) in [5.41, 5.74) is 3.57. The van der Waals surface area contributed by atoms with Gasteiger partial charge in [0.2, 0.25) is 5.78 Å². The van der Waals surface area contributed by atoms with Gasteiger partial charge in [0.05, 0.1) is 12.1 Å². The average Bonchev–Trinajstić information content (AvgIpc) is 3.33. The zero-order valence-corrected chi connectivity index (χ0v) is 16.2. The van der Waals surface area contributed by atoms with Crippen LogP contribution >= 0.6 is 11.3 Å². The second kappa shape index (κ2) is 6.20. The van der Waals surface area contributed by atoms with E-state index >= 15 is 0 Å². The SMILES string of the molecule is CC[C@@H]1CCc2ccccc2N1Cc1nnc2n(C)c(=O)c3sccc3n12. The molecule has 0 unspecified atom stereocenters. The molecule has 3 aromatic heterocycles. The zero-order valence-electron chi connectivity index (χ0n) is 15.4. The first-order valence-corrected chi connectivity index (χ1v) is 10.2. The number of hydrogen-bond acceptors (Lipinski definition) is 5. The van der Waals surface area contributed by atoms with Crippen LogP contribution in [0.25, 0.3) is 16.0 Å². The quantitative estimate of drug-likeness (QED) is 0.548. The van der Waals surface area contributed by atoms with Crippen LogP contribution < -0.4 is 10.5 Å². The Hall–Kier alpha value is -2.67. The van der Waals surface area contributed by atoms with Gasteiger partial charge in [-0.15, -0.1) is 21.5 Å². The van der Waals surface area contributed by atoms with Crippen LogP contribution in [0.15, 0.2) is 40.5 Å². The summed E-state index contributed by atoms with van der Waals surface area (Å²) < 4.78 is 4.38. The van der Waals surface area contributed by atoms with E-state index in [2.05, 4.69) is 46.3 Å². The molecule has 0 radical (unpaired) electrons. The van der Waals surface area contributed by atoms with Crippen LogP contribution in [0.1, 0.15) is 31.2 Å². The first-order chi connectivity index (χ1) is 13.2. The van der Waals surface area contributed by atoms with Crippen LogP contribution in [0.3, 0.4) is 0 Å². The van der Waals surface area contributed by atoms with E-state index in [4.69, 9.17) is 0 Å². The third-order valence-corrected chi connectivity index (χ3v) is 6.56. The number of fused-ring (bicyclic) bond motifs is 4. The Labute approximate surface area is 160 Å². The molecule has 6 nitrogen and oxygen atoms in total. The molecule has 5 rings (SSSR count). The zero-order chi connectivity index (χ0) is 18.5. The maximum absolute atomic E-state index is 12.5. The van der Waals surface area contributed by atoms with Crippen molar-refractivity contribution < 1.29 is 0 Å². The van der Waals surface area contributed by atoms with Gasteiger partial charge in [-0.2, -0.15) is 0 Å². The van der Waals surface area contributed by atoms with Crippen LogP contribution in [-0.2, 0) is 20.0 Å². The summed E-state index contributed by atoms with van der Waals surface area (Å²) in [4.78, 5) is 15.0. The fourth-order valence-electron chi connectivity index (χ4n) is 4.22. The van der Waals surface area contributed by atoms with Gasteiger partial charge < -0.3 is 4.90 Å². The minimum atomic E-state index is -0.0128. The van der Waals surface area contributed by atoms with Gasteiger partial charge in [0, 0.05) is 18.8 Å². The molecule has 138 valence electrons. The Balaban J connectivity index is 1.68. The fourth-order valence-corrected chi connectivity index (χ4v) is 5.07. The normalized spacial score (nSPS) is 17.0. The third kappa shape index (κ3) is 2.41. The van der Waals surface area contributed by atoms with Crippen molar-refractivity contribution in [3.8, 4) is 0 Å². The Morgan fingerprint density at radius 3 is 2.93 bits per heavy atom. The van der Waals surface area contributed by atoms with Crippen molar-refractivity contribution in [3.63, 3.8) is 0 Å². The van der Waals surface area contributed by atoms with Gasteiger partial charge >= 0.3 is 0 Å². The van der Waals surface area contributed by atoms with Crippen molar-refractivity contribution in [1.82, 2.24) is 19.2 Å². The highest BCUT2D eigenvalue weighted by Gasteiger charge is 2.27. The molecule has 0 N–H and O–H groups in total. The maximum atomic E-state index is 12.5. The first kappa shape index (κ1) is 16.5. The van der Waals surface area contributed by atoms with Crippen LogP contribution in [-0.4, -0.2) is 25.2 Å². The molecule has 0 saturated heterocycles. The molecule has 0 amide bonds. The largest absolute Gasteiger partial charge is 0.361 e. The van der Waals surface area contributed by atoms with Crippen molar-refractivity contribution >= 4 is 33.0 Å². The van der Waals surface area contributed by atoms with Gasteiger partial charge in [-0.25, -0.2) is 0 Å². The van der Waals surface area contributed by atoms with E-state index < -0.39 is 0 Å². The standard InChI is InChI=1S/C20H21N5OS/c1-3-14-9-8-13-6-4-5-7-15(13)24(14)12-17-21-22-20-23(2)19(26)18-16(25(17)20)10-11-27-18/h4-7,10-11,14H,3,8-9,12H2,1-2H3/t14-/m1/s1. The molecule has 7 heteroatoms.